The molecule has 3 N–H and O–H groups in total. The van der Waals surface area contributed by atoms with E-state index in [1.165, 1.54) is 12.1 Å². The Morgan fingerprint density at radius 1 is 1.35 bits per heavy atom. The van der Waals surface area contributed by atoms with E-state index in [4.69, 9.17) is 5.11 Å². The molecule has 2 rings (SSSR count). The van der Waals surface area contributed by atoms with Crippen molar-refractivity contribution in [3.05, 3.63) is 29.8 Å². The van der Waals surface area contributed by atoms with E-state index < -0.39 is 5.97 Å². The molecule has 20 heavy (non-hydrogen) atoms. The minimum Gasteiger partial charge on any atom is -0.478 e. The van der Waals surface area contributed by atoms with Gasteiger partial charge >= 0.3 is 5.97 Å². The fourth-order valence-corrected chi connectivity index (χ4v) is 2.58. The quantitative estimate of drug-likeness (QED) is 0.787. The molecule has 1 saturated heterocycles. The monoisotopic (exact) mass is 276 g/mol. The van der Waals surface area contributed by atoms with Gasteiger partial charge < -0.3 is 15.7 Å². The van der Waals surface area contributed by atoms with Gasteiger partial charge in [0.05, 0.1) is 11.0 Å². The Morgan fingerprint density at radius 3 is 2.55 bits per heavy atom. The Morgan fingerprint density at radius 2 is 2.05 bits per heavy atom. The van der Waals surface area contributed by atoms with Crippen LogP contribution in [0, 0.1) is 5.41 Å². The molecule has 0 bridgehead atoms. The average Bonchev–Trinajstić information content (AvgIpc) is 2.48. The molecule has 0 saturated carbocycles. The molecule has 0 spiro atoms. The number of benzene rings is 1. The Labute approximate surface area is 118 Å². The second kappa shape index (κ2) is 6.05. The lowest BCUT2D eigenvalue weighted by Crippen LogP contribution is -2.47. The predicted molar refractivity (Wildman–Crippen MR) is 76.9 cm³/mol. The number of aromatic carboxylic acids is 1. The van der Waals surface area contributed by atoms with Crippen molar-refractivity contribution < 1.29 is 14.7 Å². The van der Waals surface area contributed by atoms with E-state index in [0.717, 1.165) is 25.8 Å². The molecule has 1 atom stereocenters. The maximum absolute atomic E-state index is 12.5. The van der Waals surface area contributed by atoms with Crippen molar-refractivity contribution in [3.63, 3.8) is 0 Å². The molecular weight excluding hydrogens is 256 g/mol. The highest BCUT2D eigenvalue weighted by Crippen LogP contribution is 2.31. The van der Waals surface area contributed by atoms with Gasteiger partial charge in [-0.05, 0) is 50.1 Å². The number of anilines is 1. The molecule has 108 valence electrons. The highest BCUT2D eigenvalue weighted by Gasteiger charge is 2.37. The summed E-state index contributed by atoms with van der Waals surface area (Å²) in [4.78, 5) is 23.3. The Kier molecular flexibility index (Phi) is 4.39. The smallest absolute Gasteiger partial charge is 0.335 e. The number of carboxylic acids is 1. The van der Waals surface area contributed by atoms with E-state index in [-0.39, 0.29) is 16.9 Å². The zero-order valence-corrected chi connectivity index (χ0v) is 11.6. The highest BCUT2D eigenvalue weighted by molar-refractivity contribution is 5.96. The number of carbonyl (C=O) groups excluding carboxylic acids is 1. The number of nitrogens with one attached hydrogen (secondary N) is 2. The largest absolute Gasteiger partial charge is 0.478 e. The van der Waals surface area contributed by atoms with Gasteiger partial charge in [-0.15, -0.1) is 0 Å². The Hall–Kier alpha value is -1.88. The number of rotatable bonds is 4. The molecule has 1 amide bonds. The fraction of sp³-hybridized carbons (Fsp3) is 0.467. The first-order valence-electron chi connectivity index (χ1n) is 6.93. The second-order valence-electron chi connectivity index (χ2n) is 5.25. The summed E-state index contributed by atoms with van der Waals surface area (Å²) >= 11 is 0. The van der Waals surface area contributed by atoms with Gasteiger partial charge in [-0.25, -0.2) is 4.79 Å². The lowest BCUT2D eigenvalue weighted by atomic mass is 9.77. The maximum atomic E-state index is 12.5. The number of carboxylic acid groups (broad SMARTS) is 1. The first kappa shape index (κ1) is 14.5. The maximum Gasteiger partial charge on any atom is 0.335 e. The molecule has 1 aliphatic rings. The van der Waals surface area contributed by atoms with Gasteiger partial charge in [-0.2, -0.15) is 0 Å². The summed E-state index contributed by atoms with van der Waals surface area (Å²) in [6.07, 6.45) is 2.67. The van der Waals surface area contributed by atoms with Crippen LogP contribution in [-0.2, 0) is 4.79 Å². The van der Waals surface area contributed by atoms with Crippen LogP contribution in [0.5, 0.6) is 0 Å². The van der Waals surface area contributed by atoms with Crippen LogP contribution in [0.4, 0.5) is 5.69 Å². The molecule has 1 unspecified atom stereocenters. The van der Waals surface area contributed by atoms with Crippen molar-refractivity contribution in [2.24, 2.45) is 5.41 Å². The second-order valence-corrected chi connectivity index (χ2v) is 5.25. The van der Waals surface area contributed by atoms with Gasteiger partial charge in [-0.1, -0.05) is 6.92 Å². The van der Waals surface area contributed by atoms with Crippen LogP contribution in [0.1, 0.15) is 36.5 Å². The number of hydrogen-bond donors (Lipinski definition) is 3. The SMILES string of the molecule is CCC1(C(=O)Nc2ccc(C(=O)O)cc2)CCCNC1. The summed E-state index contributed by atoms with van der Waals surface area (Å²) in [6.45, 7) is 3.69. The molecule has 0 aromatic heterocycles. The van der Waals surface area contributed by atoms with Crippen molar-refractivity contribution in [1.82, 2.24) is 5.32 Å². The normalized spacial score (nSPS) is 22.2. The van der Waals surface area contributed by atoms with Crippen molar-refractivity contribution >= 4 is 17.6 Å². The van der Waals surface area contributed by atoms with E-state index in [9.17, 15) is 9.59 Å². The third-order valence-electron chi connectivity index (χ3n) is 4.02. The standard InChI is InChI=1S/C15H20N2O3/c1-2-15(8-3-9-16-10-15)14(20)17-12-6-4-11(5-7-12)13(18)19/h4-7,16H,2-3,8-10H2,1H3,(H,17,20)(H,18,19). The van der Waals surface area contributed by atoms with Gasteiger partial charge in [0.2, 0.25) is 5.91 Å². The van der Waals surface area contributed by atoms with Gasteiger partial charge in [0.15, 0.2) is 0 Å². The minimum atomic E-state index is -0.968. The zero-order valence-electron chi connectivity index (χ0n) is 11.6. The molecule has 1 aromatic carbocycles. The van der Waals surface area contributed by atoms with Crippen molar-refractivity contribution in [3.8, 4) is 0 Å². The topological polar surface area (TPSA) is 78.4 Å². The summed E-state index contributed by atoms with van der Waals surface area (Å²) in [5.74, 6) is -0.959. The molecule has 1 aromatic rings. The van der Waals surface area contributed by atoms with Crippen LogP contribution in [0.15, 0.2) is 24.3 Å². The molecule has 5 nitrogen and oxygen atoms in total. The van der Waals surface area contributed by atoms with Crippen LogP contribution in [0.25, 0.3) is 0 Å². The zero-order chi connectivity index (χ0) is 14.6. The van der Waals surface area contributed by atoms with Gasteiger partial charge in [0, 0.05) is 12.2 Å². The minimum absolute atomic E-state index is 0.00951. The molecule has 1 aliphatic heterocycles. The number of carbonyl (C=O) groups is 2. The number of amides is 1. The van der Waals surface area contributed by atoms with Crippen LogP contribution in [0.3, 0.4) is 0 Å². The van der Waals surface area contributed by atoms with E-state index in [2.05, 4.69) is 10.6 Å². The number of hydrogen-bond acceptors (Lipinski definition) is 3. The van der Waals surface area contributed by atoms with Crippen molar-refractivity contribution in [1.29, 1.82) is 0 Å². The van der Waals surface area contributed by atoms with Gasteiger partial charge in [0.1, 0.15) is 0 Å². The lowest BCUT2D eigenvalue weighted by Gasteiger charge is -2.35. The number of piperidine rings is 1. The van der Waals surface area contributed by atoms with E-state index in [0.29, 0.717) is 12.2 Å². The van der Waals surface area contributed by atoms with E-state index in [1.54, 1.807) is 12.1 Å². The van der Waals surface area contributed by atoms with Gasteiger partial charge in [0.25, 0.3) is 0 Å². The predicted octanol–water partition coefficient (Wildman–Crippen LogP) is 2.10. The fourth-order valence-electron chi connectivity index (χ4n) is 2.58. The highest BCUT2D eigenvalue weighted by atomic mass is 16.4. The summed E-state index contributed by atoms with van der Waals surface area (Å²) in [5, 5.41) is 15.0. The van der Waals surface area contributed by atoms with Crippen LogP contribution < -0.4 is 10.6 Å². The first-order valence-corrected chi connectivity index (χ1v) is 6.93. The molecule has 1 fully saturated rings. The third kappa shape index (κ3) is 2.99. The summed E-state index contributed by atoms with van der Waals surface area (Å²) in [6, 6.07) is 6.24. The van der Waals surface area contributed by atoms with E-state index in [1.807, 2.05) is 6.92 Å². The molecule has 5 heteroatoms. The van der Waals surface area contributed by atoms with E-state index >= 15 is 0 Å². The van der Waals surface area contributed by atoms with Crippen molar-refractivity contribution in [2.75, 3.05) is 18.4 Å². The Bertz CT molecular complexity index is 490. The van der Waals surface area contributed by atoms with Crippen LogP contribution >= 0.6 is 0 Å². The third-order valence-corrected chi connectivity index (χ3v) is 4.02. The average molecular weight is 276 g/mol. The summed E-state index contributed by atoms with van der Waals surface area (Å²) in [5.41, 5.74) is 0.495. The van der Waals surface area contributed by atoms with Crippen molar-refractivity contribution in [2.45, 2.75) is 26.2 Å². The molecule has 0 radical (unpaired) electrons. The molecular formula is C15H20N2O3. The molecule has 0 aliphatic carbocycles. The summed E-state index contributed by atoms with van der Waals surface area (Å²) < 4.78 is 0. The summed E-state index contributed by atoms with van der Waals surface area (Å²) in [7, 11) is 0. The van der Waals surface area contributed by atoms with Crippen LogP contribution in [-0.4, -0.2) is 30.1 Å². The first-order chi connectivity index (χ1) is 9.57. The van der Waals surface area contributed by atoms with Crippen LogP contribution in [0.2, 0.25) is 0 Å². The van der Waals surface area contributed by atoms with Gasteiger partial charge in [-0.3, -0.25) is 4.79 Å². The lowest BCUT2D eigenvalue weighted by molar-refractivity contribution is -0.126. The molecule has 1 heterocycles. The Balaban J connectivity index is 2.08.